The van der Waals surface area contributed by atoms with Gasteiger partial charge in [-0.05, 0) is 44.2 Å². The molecule has 0 saturated carbocycles. The topological polar surface area (TPSA) is 47.6 Å². The van der Waals surface area contributed by atoms with Crippen LogP contribution in [0.4, 0.5) is 0 Å². The van der Waals surface area contributed by atoms with E-state index in [0.717, 1.165) is 17.7 Å². The van der Waals surface area contributed by atoms with Crippen molar-refractivity contribution < 1.29 is 14.3 Å². The molecule has 1 atom stereocenters. The van der Waals surface area contributed by atoms with Crippen LogP contribution in [0.3, 0.4) is 0 Å². The first-order chi connectivity index (χ1) is 11.5. The first-order valence-electron chi connectivity index (χ1n) is 7.93. The van der Waals surface area contributed by atoms with Crippen molar-refractivity contribution in [3.05, 3.63) is 59.1 Å². The summed E-state index contributed by atoms with van der Waals surface area (Å²) in [6.45, 7) is 4.09. The molecule has 126 valence electrons. The van der Waals surface area contributed by atoms with E-state index >= 15 is 0 Å². The van der Waals surface area contributed by atoms with Gasteiger partial charge in [0.15, 0.2) is 5.60 Å². The molecule has 1 N–H and O–H groups in total. The van der Waals surface area contributed by atoms with Gasteiger partial charge < -0.3 is 14.8 Å². The quantitative estimate of drug-likeness (QED) is 0.906. The molecule has 0 bridgehead atoms. The minimum Gasteiger partial charge on any atom is -0.493 e. The lowest BCUT2D eigenvalue weighted by Gasteiger charge is -2.31. The van der Waals surface area contributed by atoms with Gasteiger partial charge in [0.25, 0.3) is 5.91 Å². The number of hydrogen-bond acceptors (Lipinski definition) is 3. The van der Waals surface area contributed by atoms with Gasteiger partial charge >= 0.3 is 0 Å². The second kappa shape index (κ2) is 6.73. The molecule has 2 aromatic carbocycles. The lowest BCUT2D eigenvalue weighted by Crippen LogP contribution is -2.48. The van der Waals surface area contributed by atoms with Crippen LogP contribution in [-0.2, 0) is 4.79 Å². The Morgan fingerprint density at radius 2 is 1.92 bits per heavy atom. The van der Waals surface area contributed by atoms with Gasteiger partial charge in [-0.1, -0.05) is 29.8 Å². The van der Waals surface area contributed by atoms with E-state index in [1.807, 2.05) is 24.3 Å². The van der Waals surface area contributed by atoms with Crippen LogP contribution in [0.5, 0.6) is 11.5 Å². The van der Waals surface area contributed by atoms with Crippen molar-refractivity contribution in [1.82, 2.24) is 5.32 Å². The normalized spacial score (nSPS) is 16.7. The third-order valence-corrected chi connectivity index (χ3v) is 4.25. The van der Waals surface area contributed by atoms with Gasteiger partial charge in [0.2, 0.25) is 0 Å². The van der Waals surface area contributed by atoms with E-state index in [1.165, 1.54) is 0 Å². The lowest BCUT2D eigenvalue weighted by molar-refractivity contribution is -0.135. The summed E-state index contributed by atoms with van der Waals surface area (Å²) in [6.07, 6.45) is 0.736. The number of carbonyl (C=O) groups is 1. The maximum atomic E-state index is 12.7. The Morgan fingerprint density at radius 3 is 2.67 bits per heavy atom. The summed E-state index contributed by atoms with van der Waals surface area (Å²) in [6, 6.07) is 14.7. The maximum absolute atomic E-state index is 12.7. The molecule has 1 heterocycles. The number of amides is 1. The number of halogens is 1. The number of hydrogen-bond donors (Lipinski definition) is 1. The Bertz CT molecular complexity index is 728. The zero-order chi connectivity index (χ0) is 17.2. The third kappa shape index (κ3) is 3.65. The molecule has 0 radical (unpaired) electrons. The molecule has 1 aliphatic heterocycles. The van der Waals surface area contributed by atoms with Crippen LogP contribution in [0.15, 0.2) is 48.5 Å². The maximum Gasteiger partial charge on any atom is 0.264 e. The number of carbonyl (C=O) groups excluding carboxylic acids is 1. The van der Waals surface area contributed by atoms with Crippen molar-refractivity contribution in [3.8, 4) is 11.5 Å². The van der Waals surface area contributed by atoms with Gasteiger partial charge in [-0.3, -0.25) is 4.79 Å². The van der Waals surface area contributed by atoms with Gasteiger partial charge in [0, 0.05) is 17.0 Å². The van der Waals surface area contributed by atoms with E-state index in [2.05, 4.69) is 5.32 Å². The summed E-state index contributed by atoms with van der Waals surface area (Å²) in [7, 11) is 0. The Labute approximate surface area is 146 Å². The average molecular weight is 346 g/mol. The molecule has 24 heavy (non-hydrogen) atoms. The molecule has 4 nitrogen and oxygen atoms in total. The van der Waals surface area contributed by atoms with E-state index in [4.69, 9.17) is 21.1 Å². The Hall–Kier alpha value is -2.20. The van der Waals surface area contributed by atoms with Crippen molar-refractivity contribution >= 4 is 17.5 Å². The summed E-state index contributed by atoms with van der Waals surface area (Å²) >= 11 is 5.88. The molecule has 1 amide bonds. The zero-order valence-corrected chi connectivity index (χ0v) is 14.5. The molecule has 0 unspecified atom stereocenters. The second-order valence-corrected chi connectivity index (χ2v) is 6.70. The molecule has 2 aromatic rings. The lowest BCUT2D eigenvalue weighted by atomic mass is 9.99. The van der Waals surface area contributed by atoms with E-state index in [-0.39, 0.29) is 11.9 Å². The number of rotatable bonds is 4. The number of benzene rings is 2. The Kier molecular flexibility index (Phi) is 4.67. The van der Waals surface area contributed by atoms with Crippen LogP contribution in [-0.4, -0.2) is 18.1 Å². The van der Waals surface area contributed by atoms with Crippen LogP contribution in [0, 0.1) is 0 Å². The molecule has 0 aliphatic carbocycles. The molecule has 1 aliphatic rings. The zero-order valence-electron chi connectivity index (χ0n) is 13.7. The highest BCUT2D eigenvalue weighted by atomic mass is 35.5. The van der Waals surface area contributed by atoms with Gasteiger partial charge in [-0.2, -0.15) is 0 Å². The van der Waals surface area contributed by atoms with Gasteiger partial charge in [0.1, 0.15) is 11.5 Å². The standard InChI is InChI=1S/C19H20ClNO3/c1-19(2,24-14-9-7-13(20)8-10-14)18(22)21-16-11-12-23-17-6-4-3-5-15(16)17/h3-10,16H,11-12H2,1-2H3,(H,21,22)/t16-/m1/s1. The molecule has 0 fully saturated rings. The van der Waals surface area contributed by atoms with Crippen LogP contribution < -0.4 is 14.8 Å². The minimum absolute atomic E-state index is 0.0736. The number of para-hydroxylation sites is 1. The fraction of sp³-hybridized carbons (Fsp3) is 0.316. The predicted octanol–water partition coefficient (Wildman–Crippen LogP) is 4.14. The summed E-state index contributed by atoms with van der Waals surface area (Å²) < 4.78 is 11.5. The monoisotopic (exact) mass is 345 g/mol. The van der Waals surface area contributed by atoms with E-state index in [0.29, 0.717) is 17.4 Å². The Morgan fingerprint density at radius 1 is 1.21 bits per heavy atom. The largest absolute Gasteiger partial charge is 0.493 e. The average Bonchev–Trinajstić information content (AvgIpc) is 2.57. The number of fused-ring (bicyclic) bond motifs is 1. The first kappa shape index (κ1) is 16.7. The fourth-order valence-corrected chi connectivity index (χ4v) is 2.79. The summed E-state index contributed by atoms with van der Waals surface area (Å²) in [4.78, 5) is 12.7. The molecule has 0 saturated heterocycles. The minimum atomic E-state index is -0.999. The highest BCUT2D eigenvalue weighted by Crippen LogP contribution is 2.32. The summed E-state index contributed by atoms with van der Waals surface area (Å²) in [5, 5.41) is 3.71. The van der Waals surface area contributed by atoms with E-state index in [1.54, 1.807) is 38.1 Å². The molecular formula is C19H20ClNO3. The molecule has 0 spiro atoms. The van der Waals surface area contributed by atoms with Crippen LogP contribution in [0.25, 0.3) is 0 Å². The van der Waals surface area contributed by atoms with Crippen molar-refractivity contribution in [3.63, 3.8) is 0 Å². The van der Waals surface area contributed by atoms with Crippen LogP contribution in [0.2, 0.25) is 5.02 Å². The summed E-state index contributed by atoms with van der Waals surface area (Å²) in [5.41, 5.74) is 0.000507. The first-order valence-corrected chi connectivity index (χ1v) is 8.31. The fourth-order valence-electron chi connectivity index (χ4n) is 2.67. The smallest absolute Gasteiger partial charge is 0.264 e. The van der Waals surface area contributed by atoms with Gasteiger partial charge in [-0.15, -0.1) is 0 Å². The van der Waals surface area contributed by atoms with Crippen molar-refractivity contribution in [1.29, 1.82) is 0 Å². The SMILES string of the molecule is CC(C)(Oc1ccc(Cl)cc1)C(=O)N[C@@H]1CCOc2ccccc21. The highest BCUT2D eigenvalue weighted by molar-refractivity contribution is 6.30. The second-order valence-electron chi connectivity index (χ2n) is 6.27. The van der Waals surface area contributed by atoms with Gasteiger partial charge in [-0.25, -0.2) is 0 Å². The highest BCUT2D eigenvalue weighted by Gasteiger charge is 2.33. The molecule has 3 rings (SSSR count). The predicted molar refractivity (Wildman–Crippen MR) is 93.6 cm³/mol. The van der Waals surface area contributed by atoms with Crippen molar-refractivity contribution in [2.45, 2.75) is 31.9 Å². The molecule has 0 aromatic heterocycles. The van der Waals surface area contributed by atoms with Crippen molar-refractivity contribution in [2.24, 2.45) is 0 Å². The number of ether oxygens (including phenoxy) is 2. The van der Waals surface area contributed by atoms with Gasteiger partial charge in [0.05, 0.1) is 12.6 Å². The summed E-state index contributed by atoms with van der Waals surface area (Å²) in [5.74, 6) is 1.26. The molecular weight excluding hydrogens is 326 g/mol. The van der Waals surface area contributed by atoms with E-state index in [9.17, 15) is 4.79 Å². The van der Waals surface area contributed by atoms with Crippen LogP contribution in [0.1, 0.15) is 31.9 Å². The van der Waals surface area contributed by atoms with Crippen molar-refractivity contribution in [2.75, 3.05) is 6.61 Å². The Balaban J connectivity index is 1.71. The molecule has 5 heteroatoms. The third-order valence-electron chi connectivity index (χ3n) is 4.00. The van der Waals surface area contributed by atoms with Crippen LogP contribution >= 0.6 is 11.6 Å². The van der Waals surface area contributed by atoms with E-state index < -0.39 is 5.60 Å². The number of nitrogens with one attached hydrogen (secondary N) is 1.